The second-order valence-corrected chi connectivity index (χ2v) is 8.76. The first-order chi connectivity index (χ1) is 16.2. The Hall–Kier alpha value is -2.91. The van der Waals surface area contributed by atoms with Crippen molar-refractivity contribution in [3.05, 3.63) is 82.9 Å². The molecule has 1 saturated heterocycles. The predicted octanol–water partition coefficient (Wildman–Crippen LogP) is 5.52. The van der Waals surface area contributed by atoms with Gasteiger partial charge in [0.1, 0.15) is 0 Å². The lowest BCUT2D eigenvalue weighted by Gasteiger charge is -2.28. The summed E-state index contributed by atoms with van der Waals surface area (Å²) < 4.78 is 47.2. The quantitative estimate of drug-likeness (QED) is 0.351. The maximum atomic E-state index is 13.4. The zero-order valence-corrected chi connectivity index (χ0v) is 20.1. The average Bonchev–Trinajstić information content (AvgIpc) is 3.29. The summed E-state index contributed by atoms with van der Waals surface area (Å²) >= 11 is 5.69. The molecule has 1 aliphatic heterocycles. The Morgan fingerprint density at radius 1 is 1.12 bits per heavy atom. The molecule has 9 heteroatoms. The summed E-state index contributed by atoms with van der Waals surface area (Å²) in [4.78, 5) is 6.68. The van der Waals surface area contributed by atoms with Crippen LogP contribution in [0.3, 0.4) is 0 Å². The van der Waals surface area contributed by atoms with E-state index in [4.69, 9.17) is 17.0 Å². The van der Waals surface area contributed by atoms with Crippen molar-refractivity contribution in [1.82, 2.24) is 19.8 Å². The van der Waals surface area contributed by atoms with Crippen molar-refractivity contribution >= 4 is 17.3 Å². The number of halogens is 3. The van der Waals surface area contributed by atoms with Gasteiger partial charge in [0, 0.05) is 43.5 Å². The minimum atomic E-state index is -4.41. The van der Waals surface area contributed by atoms with Gasteiger partial charge in [0.15, 0.2) is 5.11 Å². The van der Waals surface area contributed by atoms with E-state index in [1.807, 2.05) is 42.7 Å². The highest BCUT2D eigenvalue weighted by molar-refractivity contribution is 7.80. The van der Waals surface area contributed by atoms with Crippen molar-refractivity contribution in [1.29, 1.82) is 0 Å². The monoisotopic (exact) mass is 488 g/mol. The third-order valence-corrected chi connectivity index (χ3v) is 6.52. The van der Waals surface area contributed by atoms with Crippen molar-refractivity contribution in [2.24, 2.45) is 0 Å². The lowest BCUT2D eigenvalue weighted by atomic mass is 9.96. The Balaban J connectivity index is 1.79. The van der Waals surface area contributed by atoms with E-state index in [9.17, 15) is 13.2 Å². The van der Waals surface area contributed by atoms with Gasteiger partial charge in [-0.05, 0) is 74.4 Å². The third kappa shape index (κ3) is 4.67. The molecule has 0 radical (unpaired) electrons. The average molecular weight is 489 g/mol. The predicted molar refractivity (Wildman–Crippen MR) is 129 cm³/mol. The molecule has 0 spiro atoms. The number of benzene rings is 1. The van der Waals surface area contributed by atoms with Crippen LogP contribution < -0.4 is 5.32 Å². The first kappa shape index (κ1) is 24.2. The van der Waals surface area contributed by atoms with Crippen LogP contribution in [0.15, 0.2) is 54.7 Å². The molecule has 5 nitrogen and oxygen atoms in total. The lowest BCUT2D eigenvalue weighted by Crippen LogP contribution is -2.31. The van der Waals surface area contributed by atoms with Crippen molar-refractivity contribution in [2.45, 2.75) is 38.5 Å². The Bertz CT molecular complexity index is 1160. The number of thiocarbonyl (C=S) groups is 1. The zero-order chi connectivity index (χ0) is 24.5. The van der Waals surface area contributed by atoms with Crippen LogP contribution in [0.2, 0.25) is 0 Å². The molecule has 1 fully saturated rings. The van der Waals surface area contributed by atoms with Gasteiger partial charge in [0.25, 0.3) is 0 Å². The van der Waals surface area contributed by atoms with E-state index in [-0.39, 0.29) is 12.1 Å². The molecule has 0 aliphatic carbocycles. The van der Waals surface area contributed by atoms with Gasteiger partial charge < -0.3 is 19.5 Å². The molecular weight excluding hydrogens is 461 g/mol. The fourth-order valence-corrected chi connectivity index (χ4v) is 5.00. The van der Waals surface area contributed by atoms with Crippen LogP contribution >= 0.6 is 12.2 Å². The molecule has 1 N–H and O–H groups in total. The number of methoxy groups -OCH3 is 1. The normalized spacial score (nSPS) is 18.4. The maximum absolute atomic E-state index is 13.4. The molecule has 3 aromatic rings. The van der Waals surface area contributed by atoms with Gasteiger partial charge in [-0.1, -0.05) is 12.1 Å². The van der Waals surface area contributed by atoms with E-state index < -0.39 is 11.7 Å². The fraction of sp³-hybridized carbons (Fsp3) is 0.360. The van der Waals surface area contributed by atoms with E-state index in [0.717, 1.165) is 35.1 Å². The smallest absolute Gasteiger partial charge is 0.385 e. The van der Waals surface area contributed by atoms with Crippen molar-refractivity contribution < 1.29 is 17.9 Å². The van der Waals surface area contributed by atoms with Crippen LogP contribution in [0.4, 0.5) is 13.2 Å². The largest absolute Gasteiger partial charge is 0.416 e. The number of aromatic nitrogens is 2. The summed E-state index contributed by atoms with van der Waals surface area (Å²) in [6, 6.07) is 12.9. The van der Waals surface area contributed by atoms with Gasteiger partial charge in [-0.15, -0.1) is 0 Å². The van der Waals surface area contributed by atoms with Crippen LogP contribution in [-0.4, -0.2) is 39.8 Å². The van der Waals surface area contributed by atoms with Crippen LogP contribution in [0, 0.1) is 13.8 Å². The Labute approximate surface area is 202 Å². The Morgan fingerprint density at radius 2 is 1.91 bits per heavy atom. The second kappa shape index (κ2) is 9.76. The van der Waals surface area contributed by atoms with Crippen LogP contribution in [0.5, 0.6) is 0 Å². The van der Waals surface area contributed by atoms with Gasteiger partial charge >= 0.3 is 6.18 Å². The molecule has 180 valence electrons. The summed E-state index contributed by atoms with van der Waals surface area (Å²) in [5, 5.41) is 4.04. The van der Waals surface area contributed by atoms with Gasteiger partial charge in [-0.3, -0.25) is 4.98 Å². The fourth-order valence-electron chi connectivity index (χ4n) is 4.67. The second-order valence-electron chi connectivity index (χ2n) is 8.38. The van der Waals surface area contributed by atoms with Crippen LogP contribution in [-0.2, 0) is 10.9 Å². The molecule has 0 unspecified atom stereocenters. The summed E-state index contributed by atoms with van der Waals surface area (Å²) in [7, 11) is 1.66. The van der Waals surface area contributed by atoms with Crippen LogP contribution in [0.25, 0.3) is 5.69 Å². The number of ether oxygens (including phenoxy) is 1. The summed E-state index contributed by atoms with van der Waals surface area (Å²) in [5.74, 6) is 0. The SMILES string of the molecule is COCCCN1C(=S)N[C@@H](c2ccccn2)[C@H]1c1cc(C)n(-c2cccc(C(F)(F)F)c2)c1C. The van der Waals surface area contributed by atoms with Gasteiger partial charge in [0.05, 0.1) is 23.3 Å². The number of rotatable bonds is 7. The molecule has 2 atom stereocenters. The molecule has 0 bridgehead atoms. The number of pyridine rings is 1. The summed E-state index contributed by atoms with van der Waals surface area (Å²) in [6.45, 7) is 5.12. The van der Waals surface area contributed by atoms with Crippen molar-refractivity contribution in [3.8, 4) is 5.69 Å². The number of nitrogens with one attached hydrogen (secondary N) is 1. The number of alkyl halides is 3. The maximum Gasteiger partial charge on any atom is 0.416 e. The Kier molecular flexibility index (Phi) is 6.95. The molecule has 0 saturated carbocycles. The molecule has 4 rings (SSSR count). The molecule has 3 heterocycles. The van der Waals surface area contributed by atoms with Crippen LogP contribution in [0.1, 0.15) is 46.7 Å². The van der Waals surface area contributed by atoms with E-state index >= 15 is 0 Å². The first-order valence-electron chi connectivity index (χ1n) is 11.1. The van der Waals surface area contributed by atoms with E-state index in [1.54, 1.807) is 19.4 Å². The minimum absolute atomic E-state index is 0.162. The number of aryl methyl sites for hydroxylation is 1. The minimum Gasteiger partial charge on any atom is -0.385 e. The lowest BCUT2D eigenvalue weighted by molar-refractivity contribution is -0.137. The third-order valence-electron chi connectivity index (χ3n) is 6.17. The standard InChI is InChI=1S/C25H27F3N4OS/c1-16-14-20(17(2)32(16)19-9-6-8-18(15-19)25(26,27)28)23-22(21-10-4-5-11-29-21)30-24(34)31(23)12-7-13-33-3/h4-6,8-11,14-15,22-23H,7,12-13H2,1-3H3,(H,30,34)/t22-,23+/m0/s1. The molecule has 0 amide bonds. The van der Waals surface area contributed by atoms with E-state index in [1.165, 1.54) is 12.1 Å². The zero-order valence-electron chi connectivity index (χ0n) is 19.3. The van der Waals surface area contributed by atoms with Crippen molar-refractivity contribution in [2.75, 3.05) is 20.3 Å². The molecule has 1 aromatic carbocycles. The van der Waals surface area contributed by atoms with E-state index in [2.05, 4.69) is 15.2 Å². The van der Waals surface area contributed by atoms with E-state index in [0.29, 0.717) is 24.0 Å². The number of nitrogens with zero attached hydrogens (tertiary/aromatic N) is 3. The van der Waals surface area contributed by atoms with Gasteiger partial charge in [-0.25, -0.2) is 0 Å². The number of hydrogen-bond acceptors (Lipinski definition) is 3. The summed E-state index contributed by atoms with van der Waals surface area (Å²) in [6.07, 6.45) is -1.87. The van der Waals surface area contributed by atoms with Gasteiger partial charge in [0.2, 0.25) is 0 Å². The van der Waals surface area contributed by atoms with Gasteiger partial charge in [-0.2, -0.15) is 13.2 Å². The molecule has 34 heavy (non-hydrogen) atoms. The number of hydrogen-bond donors (Lipinski definition) is 1. The van der Waals surface area contributed by atoms with Crippen molar-refractivity contribution in [3.63, 3.8) is 0 Å². The topological polar surface area (TPSA) is 42.3 Å². The first-order valence-corrected chi connectivity index (χ1v) is 11.5. The highest BCUT2D eigenvalue weighted by Gasteiger charge is 2.41. The highest BCUT2D eigenvalue weighted by Crippen LogP contribution is 2.41. The molecular formula is C25H27F3N4OS. The summed E-state index contributed by atoms with van der Waals surface area (Å²) in [5.41, 5.74) is 3.37. The highest BCUT2D eigenvalue weighted by atomic mass is 32.1. The Morgan fingerprint density at radius 3 is 2.59 bits per heavy atom. The molecule has 2 aromatic heterocycles. The molecule has 1 aliphatic rings.